The minimum Gasteiger partial charge on any atom is -0.504 e. The van der Waals surface area contributed by atoms with Gasteiger partial charge in [-0.2, -0.15) is 0 Å². The third kappa shape index (κ3) is 5.88. The van der Waals surface area contributed by atoms with Gasteiger partial charge < -0.3 is 19.7 Å². The van der Waals surface area contributed by atoms with Crippen LogP contribution >= 0.6 is 0 Å². The Morgan fingerprint density at radius 2 is 1.15 bits per heavy atom. The Morgan fingerprint density at radius 3 is 1.54 bits per heavy atom. The van der Waals surface area contributed by atoms with Gasteiger partial charge in [0.1, 0.15) is 13.2 Å². The minimum atomic E-state index is 0.145. The van der Waals surface area contributed by atoms with Crippen molar-refractivity contribution in [2.75, 3.05) is 13.2 Å². The number of benzene rings is 2. The van der Waals surface area contributed by atoms with Gasteiger partial charge >= 0.3 is 0 Å². The molecule has 0 aliphatic carbocycles. The number of aryl methyl sites for hydroxylation is 2. The molecule has 4 nitrogen and oxygen atoms in total. The highest BCUT2D eigenvalue weighted by molar-refractivity contribution is 5.43. The molecule has 0 saturated heterocycles. The molecule has 0 spiro atoms. The summed E-state index contributed by atoms with van der Waals surface area (Å²) in [7, 11) is 0. The lowest BCUT2D eigenvalue weighted by molar-refractivity contribution is 0.336. The Hall–Kier alpha value is -2.88. The van der Waals surface area contributed by atoms with Crippen LogP contribution in [0.5, 0.6) is 23.0 Å². The second-order valence-electron chi connectivity index (χ2n) is 6.01. The first kappa shape index (κ1) is 19.4. The molecule has 2 rings (SSSR count). The van der Waals surface area contributed by atoms with Gasteiger partial charge in [-0.1, -0.05) is 37.4 Å². The van der Waals surface area contributed by atoms with Crippen LogP contribution in [0.3, 0.4) is 0 Å². The average Bonchev–Trinajstić information content (AvgIpc) is 2.65. The second kappa shape index (κ2) is 10.2. The molecule has 4 heteroatoms. The van der Waals surface area contributed by atoms with E-state index in [9.17, 15) is 10.2 Å². The fourth-order valence-corrected chi connectivity index (χ4v) is 2.61. The lowest BCUT2D eigenvalue weighted by atomic mass is 10.0. The Morgan fingerprint density at radius 1 is 0.731 bits per heavy atom. The monoisotopic (exact) mass is 354 g/mol. The maximum absolute atomic E-state index is 9.79. The van der Waals surface area contributed by atoms with Crippen molar-refractivity contribution in [3.63, 3.8) is 0 Å². The molecule has 0 aliphatic heterocycles. The first-order valence-corrected chi connectivity index (χ1v) is 8.75. The highest BCUT2D eigenvalue weighted by atomic mass is 16.5. The lowest BCUT2D eigenvalue weighted by Gasteiger charge is -2.10. The lowest BCUT2D eigenvalue weighted by Crippen LogP contribution is -1.96. The Kier molecular flexibility index (Phi) is 7.62. The number of hydrogen-bond acceptors (Lipinski definition) is 4. The summed E-state index contributed by atoms with van der Waals surface area (Å²) >= 11 is 0. The molecule has 138 valence electrons. The van der Waals surface area contributed by atoms with E-state index in [-0.39, 0.29) is 11.5 Å². The molecule has 0 atom stereocenters. The number of unbranched alkanes of at least 4 members (excludes halogenated alkanes) is 1. The van der Waals surface area contributed by atoms with Crippen molar-refractivity contribution in [1.29, 1.82) is 0 Å². The summed E-state index contributed by atoms with van der Waals surface area (Å²) in [6.45, 7) is 7.96. The molecular weight excluding hydrogens is 328 g/mol. The summed E-state index contributed by atoms with van der Waals surface area (Å²) in [6, 6.07) is 10.9. The molecular formula is C22H26O4. The summed E-state index contributed by atoms with van der Waals surface area (Å²) < 4.78 is 10.9. The molecule has 0 bridgehead atoms. The van der Waals surface area contributed by atoms with Crippen molar-refractivity contribution in [3.05, 3.63) is 72.8 Å². The number of ether oxygens (including phenoxy) is 2. The summed E-state index contributed by atoms with van der Waals surface area (Å²) in [5.74, 6) is 1.27. The SMILES string of the molecule is C=CCOc1cc(CCCCc2ccc(O)c(OCC=C)c2)ccc1O. The predicted molar refractivity (Wildman–Crippen MR) is 104 cm³/mol. The molecule has 2 aromatic rings. The van der Waals surface area contributed by atoms with Gasteiger partial charge in [0, 0.05) is 0 Å². The van der Waals surface area contributed by atoms with Crippen molar-refractivity contribution >= 4 is 0 Å². The largest absolute Gasteiger partial charge is 0.504 e. The molecule has 0 unspecified atom stereocenters. The van der Waals surface area contributed by atoms with Crippen LogP contribution in [0.2, 0.25) is 0 Å². The van der Waals surface area contributed by atoms with Gasteiger partial charge in [0.15, 0.2) is 23.0 Å². The van der Waals surface area contributed by atoms with Gasteiger partial charge in [-0.25, -0.2) is 0 Å². The van der Waals surface area contributed by atoms with Crippen LogP contribution in [0.25, 0.3) is 0 Å². The molecule has 0 saturated carbocycles. The summed E-state index contributed by atoms with van der Waals surface area (Å²) in [6.07, 6.45) is 7.13. The molecule has 0 aromatic heterocycles. The molecule has 0 fully saturated rings. The van der Waals surface area contributed by atoms with Gasteiger partial charge in [0.2, 0.25) is 0 Å². The molecule has 0 heterocycles. The number of phenols is 2. The van der Waals surface area contributed by atoms with Gasteiger partial charge in [-0.3, -0.25) is 0 Å². The van der Waals surface area contributed by atoms with Crippen molar-refractivity contribution in [2.24, 2.45) is 0 Å². The summed E-state index contributed by atoms with van der Waals surface area (Å²) in [5.41, 5.74) is 2.25. The Bertz CT molecular complexity index is 673. The third-order valence-electron chi connectivity index (χ3n) is 3.94. The maximum Gasteiger partial charge on any atom is 0.161 e. The van der Waals surface area contributed by atoms with Gasteiger partial charge in [-0.05, 0) is 61.1 Å². The van der Waals surface area contributed by atoms with Crippen LogP contribution in [0.4, 0.5) is 0 Å². The second-order valence-corrected chi connectivity index (χ2v) is 6.01. The van der Waals surface area contributed by atoms with Gasteiger partial charge in [0.05, 0.1) is 0 Å². The zero-order valence-corrected chi connectivity index (χ0v) is 15.0. The predicted octanol–water partition coefficient (Wildman–Crippen LogP) is 4.79. The van der Waals surface area contributed by atoms with Crippen LogP contribution in [-0.2, 0) is 12.8 Å². The number of phenolic OH excluding ortho intramolecular Hbond substituents is 2. The van der Waals surface area contributed by atoms with Gasteiger partial charge in [0.25, 0.3) is 0 Å². The van der Waals surface area contributed by atoms with E-state index in [0.717, 1.165) is 36.8 Å². The topological polar surface area (TPSA) is 58.9 Å². The first-order chi connectivity index (χ1) is 12.6. The molecule has 2 N–H and O–H groups in total. The van der Waals surface area contributed by atoms with Crippen LogP contribution in [0, 0.1) is 0 Å². The number of aromatic hydroxyl groups is 2. The Balaban J connectivity index is 1.85. The molecule has 2 aromatic carbocycles. The highest BCUT2D eigenvalue weighted by Gasteiger charge is 2.06. The zero-order valence-electron chi connectivity index (χ0n) is 15.0. The molecule has 0 radical (unpaired) electrons. The maximum atomic E-state index is 9.79. The molecule has 0 amide bonds. The van der Waals surface area contributed by atoms with E-state index in [2.05, 4.69) is 13.2 Å². The van der Waals surface area contributed by atoms with Crippen LogP contribution in [0.15, 0.2) is 61.7 Å². The normalized spacial score (nSPS) is 10.3. The standard InChI is InChI=1S/C22H26O4/c1-3-13-25-21-15-17(9-11-19(21)23)7-5-6-8-18-10-12-20(24)22(16-18)26-14-4-2/h3-4,9-12,15-16,23-24H,1-2,5-8,13-14H2. The smallest absolute Gasteiger partial charge is 0.161 e. The zero-order chi connectivity index (χ0) is 18.8. The van der Waals surface area contributed by atoms with Crippen LogP contribution in [0.1, 0.15) is 24.0 Å². The molecule has 26 heavy (non-hydrogen) atoms. The fourth-order valence-electron chi connectivity index (χ4n) is 2.61. The number of rotatable bonds is 11. The van der Waals surface area contributed by atoms with E-state index in [1.165, 1.54) is 0 Å². The van der Waals surface area contributed by atoms with E-state index in [1.54, 1.807) is 24.3 Å². The van der Waals surface area contributed by atoms with E-state index < -0.39 is 0 Å². The highest BCUT2D eigenvalue weighted by Crippen LogP contribution is 2.29. The minimum absolute atomic E-state index is 0.145. The molecule has 0 aliphatic rings. The van der Waals surface area contributed by atoms with Crippen molar-refractivity contribution in [3.8, 4) is 23.0 Å². The quantitative estimate of drug-likeness (QED) is 0.450. The Labute approximate surface area is 155 Å². The number of hydrogen-bond donors (Lipinski definition) is 2. The van der Waals surface area contributed by atoms with Crippen molar-refractivity contribution in [2.45, 2.75) is 25.7 Å². The van der Waals surface area contributed by atoms with Crippen molar-refractivity contribution in [1.82, 2.24) is 0 Å². The van der Waals surface area contributed by atoms with E-state index >= 15 is 0 Å². The van der Waals surface area contributed by atoms with E-state index in [1.807, 2.05) is 24.3 Å². The summed E-state index contributed by atoms with van der Waals surface area (Å²) in [4.78, 5) is 0. The van der Waals surface area contributed by atoms with E-state index in [0.29, 0.717) is 24.7 Å². The van der Waals surface area contributed by atoms with Crippen molar-refractivity contribution < 1.29 is 19.7 Å². The average molecular weight is 354 g/mol. The van der Waals surface area contributed by atoms with Crippen LogP contribution < -0.4 is 9.47 Å². The van der Waals surface area contributed by atoms with Crippen LogP contribution in [-0.4, -0.2) is 23.4 Å². The summed E-state index contributed by atoms with van der Waals surface area (Å²) in [5, 5.41) is 19.6. The first-order valence-electron chi connectivity index (χ1n) is 8.75. The van der Waals surface area contributed by atoms with E-state index in [4.69, 9.17) is 9.47 Å². The third-order valence-corrected chi connectivity index (χ3v) is 3.94. The fraction of sp³-hybridized carbons (Fsp3) is 0.273. The van der Waals surface area contributed by atoms with Gasteiger partial charge in [-0.15, -0.1) is 0 Å².